The van der Waals surface area contributed by atoms with Crippen LogP contribution in [0.5, 0.6) is 6.01 Å². The first kappa shape index (κ1) is 13.7. The molecule has 0 saturated heterocycles. The highest BCUT2D eigenvalue weighted by Crippen LogP contribution is 2.08. The van der Waals surface area contributed by atoms with Gasteiger partial charge in [-0.1, -0.05) is 30.3 Å². The number of amides is 1. The highest BCUT2D eigenvalue weighted by molar-refractivity contribution is 6.01. The number of hydrogen-bond donors (Lipinski definition) is 1. The van der Waals surface area contributed by atoms with E-state index in [1.807, 2.05) is 37.3 Å². The fraction of sp³-hybridized carbons (Fsp3) is 0.133. The van der Waals surface area contributed by atoms with Crippen molar-refractivity contribution in [3.8, 4) is 6.01 Å². The van der Waals surface area contributed by atoms with E-state index in [2.05, 4.69) is 15.3 Å². The minimum atomic E-state index is -0.235. The van der Waals surface area contributed by atoms with Crippen LogP contribution in [-0.2, 0) is 4.79 Å². The van der Waals surface area contributed by atoms with Crippen LogP contribution in [0, 0.1) is 0 Å². The number of nitrogens with one attached hydrogen (secondary N) is 1. The first-order valence-electron chi connectivity index (χ1n) is 6.27. The van der Waals surface area contributed by atoms with E-state index >= 15 is 0 Å². The largest absolute Gasteiger partial charge is 0.464 e. The summed E-state index contributed by atoms with van der Waals surface area (Å²) in [5.41, 5.74) is 1.49. The summed E-state index contributed by atoms with van der Waals surface area (Å²) in [7, 11) is 0. The van der Waals surface area contributed by atoms with Gasteiger partial charge in [0.15, 0.2) is 0 Å². The highest BCUT2D eigenvalue weighted by Gasteiger charge is 2.00. The van der Waals surface area contributed by atoms with Crippen LogP contribution in [-0.4, -0.2) is 22.5 Å². The minimum absolute atomic E-state index is 0.235. The van der Waals surface area contributed by atoms with Crippen LogP contribution in [0.15, 0.2) is 48.8 Å². The molecule has 0 aliphatic heterocycles. The smallest absolute Gasteiger partial charge is 0.316 e. The van der Waals surface area contributed by atoms with Crippen molar-refractivity contribution in [3.05, 3.63) is 54.4 Å². The van der Waals surface area contributed by atoms with Gasteiger partial charge < -0.3 is 10.1 Å². The number of carbonyl (C=O) groups excluding carboxylic acids is 1. The summed E-state index contributed by atoms with van der Waals surface area (Å²) in [4.78, 5) is 19.6. The van der Waals surface area contributed by atoms with Gasteiger partial charge in [0, 0.05) is 6.08 Å². The zero-order chi connectivity index (χ0) is 14.2. The molecule has 102 valence electrons. The maximum atomic E-state index is 11.7. The third-order valence-corrected chi connectivity index (χ3v) is 2.40. The van der Waals surface area contributed by atoms with Crippen LogP contribution in [0.2, 0.25) is 0 Å². The SMILES string of the molecule is CCOc1ncc(NC(=O)/C=C/c2ccccc2)cn1. The average molecular weight is 269 g/mol. The molecule has 2 aromatic rings. The van der Waals surface area contributed by atoms with Gasteiger partial charge in [-0.2, -0.15) is 0 Å². The first-order chi connectivity index (χ1) is 9.78. The molecule has 5 heteroatoms. The summed E-state index contributed by atoms with van der Waals surface area (Å²) in [5, 5.41) is 2.68. The number of benzene rings is 1. The van der Waals surface area contributed by atoms with E-state index in [1.165, 1.54) is 18.5 Å². The Morgan fingerprint density at radius 1 is 1.25 bits per heavy atom. The molecule has 0 atom stereocenters. The Morgan fingerprint density at radius 3 is 2.60 bits per heavy atom. The normalized spacial score (nSPS) is 10.4. The van der Waals surface area contributed by atoms with Crippen molar-refractivity contribution in [2.45, 2.75) is 6.92 Å². The van der Waals surface area contributed by atoms with E-state index in [0.717, 1.165) is 5.56 Å². The first-order valence-corrected chi connectivity index (χ1v) is 6.27. The van der Waals surface area contributed by atoms with Crippen LogP contribution >= 0.6 is 0 Å². The van der Waals surface area contributed by atoms with Crippen LogP contribution < -0.4 is 10.1 Å². The quantitative estimate of drug-likeness (QED) is 0.847. The predicted octanol–water partition coefficient (Wildman–Crippen LogP) is 2.53. The Hall–Kier alpha value is -2.69. The van der Waals surface area contributed by atoms with E-state index in [4.69, 9.17) is 4.74 Å². The Balaban J connectivity index is 1.92. The fourth-order valence-corrected chi connectivity index (χ4v) is 1.50. The lowest BCUT2D eigenvalue weighted by Crippen LogP contribution is -2.08. The molecule has 1 amide bonds. The second-order valence-corrected chi connectivity index (χ2v) is 3.92. The van der Waals surface area contributed by atoms with E-state index in [0.29, 0.717) is 18.3 Å². The van der Waals surface area contributed by atoms with Gasteiger partial charge in [-0.05, 0) is 18.6 Å². The molecule has 1 N–H and O–H groups in total. The van der Waals surface area contributed by atoms with Gasteiger partial charge in [0.25, 0.3) is 0 Å². The van der Waals surface area contributed by atoms with Crippen molar-refractivity contribution >= 4 is 17.7 Å². The van der Waals surface area contributed by atoms with Gasteiger partial charge in [-0.25, -0.2) is 9.97 Å². The summed E-state index contributed by atoms with van der Waals surface area (Å²) in [6.45, 7) is 2.36. The van der Waals surface area contributed by atoms with Crippen LogP contribution in [0.4, 0.5) is 5.69 Å². The van der Waals surface area contributed by atoms with Crippen molar-refractivity contribution in [3.63, 3.8) is 0 Å². The number of aromatic nitrogens is 2. The van der Waals surface area contributed by atoms with Gasteiger partial charge in [-0.3, -0.25) is 4.79 Å². The number of anilines is 1. The summed E-state index contributed by atoms with van der Waals surface area (Å²) < 4.78 is 5.12. The molecular formula is C15H15N3O2. The molecule has 0 spiro atoms. The lowest BCUT2D eigenvalue weighted by atomic mass is 10.2. The molecule has 5 nitrogen and oxygen atoms in total. The lowest BCUT2D eigenvalue weighted by Gasteiger charge is -2.03. The zero-order valence-electron chi connectivity index (χ0n) is 11.1. The number of carbonyl (C=O) groups is 1. The van der Waals surface area contributed by atoms with E-state index in [1.54, 1.807) is 6.08 Å². The van der Waals surface area contributed by atoms with Crippen LogP contribution in [0.25, 0.3) is 6.08 Å². The van der Waals surface area contributed by atoms with Crippen molar-refractivity contribution in [2.75, 3.05) is 11.9 Å². The van der Waals surface area contributed by atoms with Gasteiger partial charge in [-0.15, -0.1) is 0 Å². The van der Waals surface area contributed by atoms with Crippen molar-refractivity contribution < 1.29 is 9.53 Å². The number of rotatable bonds is 5. The molecule has 0 saturated carbocycles. The number of nitrogens with zero attached hydrogens (tertiary/aromatic N) is 2. The maximum Gasteiger partial charge on any atom is 0.316 e. The molecule has 2 rings (SSSR count). The van der Waals surface area contributed by atoms with Crippen molar-refractivity contribution in [1.29, 1.82) is 0 Å². The van der Waals surface area contributed by atoms with Crippen molar-refractivity contribution in [2.24, 2.45) is 0 Å². The van der Waals surface area contributed by atoms with E-state index in [-0.39, 0.29) is 5.91 Å². The summed E-state index contributed by atoms with van der Waals surface area (Å²) >= 11 is 0. The molecule has 0 bridgehead atoms. The Kier molecular flexibility index (Phi) is 4.83. The lowest BCUT2D eigenvalue weighted by molar-refractivity contribution is -0.111. The molecule has 0 fully saturated rings. The fourth-order valence-electron chi connectivity index (χ4n) is 1.50. The van der Waals surface area contributed by atoms with Crippen LogP contribution in [0.3, 0.4) is 0 Å². The molecule has 1 aromatic heterocycles. The number of hydrogen-bond acceptors (Lipinski definition) is 4. The van der Waals surface area contributed by atoms with Gasteiger partial charge in [0.1, 0.15) is 0 Å². The summed E-state index contributed by atoms with van der Waals surface area (Å²) in [6.07, 6.45) is 6.22. The molecule has 0 aliphatic carbocycles. The maximum absolute atomic E-state index is 11.7. The summed E-state index contributed by atoms with van der Waals surface area (Å²) in [6, 6.07) is 9.89. The van der Waals surface area contributed by atoms with Crippen LogP contribution in [0.1, 0.15) is 12.5 Å². The second kappa shape index (κ2) is 7.04. The Labute approximate surface area is 117 Å². The second-order valence-electron chi connectivity index (χ2n) is 3.92. The van der Waals surface area contributed by atoms with Crippen molar-refractivity contribution in [1.82, 2.24) is 9.97 Å². The molecule has 1 aromatic carbocycles. The zero-order valence-corrected chi connectivity index (χ0v) is 11.1. The molecule has 0 radical (unpaired) electrons. The van der Waals surface area contributed by atoms with E-state index < -0.39 is 0 Å². The topological polar surface area (TPSA) is 64.1 Å². The third-order valence-electron chi connectivity index (χ3n) is 2.40. The monoisotopic (exact) mass is 269 g/mol. The molecule has 1 heterocycles. The third kappa shape index (κ3) is 4.20. The standard InChI is InChI=1S/C15H15N3O2/c1-2-20-15-16-10-13(11-17-15)18-14(19)9-8-12-6-4-3-5-7-12/h3-11H,2H2,1H3,(H,18,19)/b9-8+. The average Bonchev–Trinajstić information content (AvgIpc) is 2.49. The van der Waals surface area contributed by atoms with Gasteiger partial charge >= 0.3 is 6.01 Å². The Morgan fingerprint density at radius 2 is 1.95 bits per heavy atom. The molecule has 0 unspecified atom stereocenters. The molecule has 20 heavy (non-hydrogen) atoms. The van der Waals surface area contributed by atoms with Gasteiger partial charge in [0.2, 0.25) is 5.91 Å². The summed E-state index contributed by atoms with van der Waals surface area (Å²) in [5.74, 6) is -0.235. The predicted molar refractivity (Wildman–Crippen MR) is 77.3 cm³/mol. The molecular weight excluding hydrogens is 254 g/mol. The highest BCUT2D eigenvalue weighted by atomic mass is 16.5. The Bertz CT molecular complexity index is 580. The van der Waals surface area contributed by atoms with Gasteiger partial charge in [0.05, 0.1) is 24.7 Å². The minimum Gasteiger partial charge on any atom is -0.464 e. The number of ether oxygens (including phenoxy) is 1. The molecule has 0 aliphatic rings. The van der Waals surface area contributed by atoms with E-state index in [9.17, 15) is 4.79 Å².